The van der Waals surface area contributed by atoms with Crippen molar-refractivity contribution in [1.29, 1.82) is 0 Å². The van der Waals surface area contributed by atoms with Crippen LogP contribution < -0.4 is 5.32 Å². The van der Waals surface area contributed by atoms with Gasteiger partial charge in [0, 0.05) is 26.7 Å². The lowest BCUT2D eigenvalue weighted by Crippen LogP contribution is -2.07. The molecule has 0 saturated carbocycles. The van der Waals surface area contributed by atoms with Crippen molar-refractivity contribution in [2.75, 3.05) is 5.32 Å². The largest absolute Gasteiger partial charge is 0.354 e. The topological polar surface area (TPSA) is 12.0 Å². The molecule has 32 heavy (non-hydrogen) atoms. The first-order valence-corrected chi connectivity index (χ1v) is 11.6. The fourth-order valence-electron chi connectivity index (χ4n) is 5.15. The fraction of sp³-hybridized carbons (Fsp3) is 0. The minimum absolute atomic E-state index is 1.09. The van der Waals surface area contributed by atoms with Gasteiger partial charge in [-0.25, -0.2) is 0 Å². The number of para-hydroxylation sites is 1. The SMILES string of the molecule is Brc1ccc(/C=C2/c3ccccc3Nc3c2cc2ccc4cccc5ccc3c2c45)cc1. The average molecular weight is 472 g/mol. The number of anilines is 2. The van der Waals surface area contributed by atoms with Crippen molar-refractivity contribution in [2.45, 2.75) is 0 Å². The van der Waals surface area contributed by atoms with Gasteiger partial charge in [-0.1, -0.05) is 88.7 Å². The maximum absolute atomic E-state index is 3.77. The molecule has 1 N–H and O–H groups in total. The van der Waals surface area contributed by atoms with Crippen LogP contribution >= 0.6 is 15.9 Å². The van der Waals surface area contributed by atoms with Crippen LogP contribution in [0.4, 0.5) is 11.4 Å². The molecule has 150 valence electrons. The third-order valence-electron chi connectivity index (χ3n) is 6.60. The molecule has 0 amide bonds. The predicted molar refractivity (Wildman–Crippen MR) is 141 cm³/mol. The predicted octanol–water partition coefficient (Wildman–Crippen LogP) is 8.99. The van der Waals surface area contributed by atoms with Crippen LogP contribution in [0.1, 0.15) is 16.7 Å². The van der Waals surface area contributed by atoms with E-state index in [1.165, 1.54) is 60.3 Å². The first kappa shape index (κ1) is 18.0. The van der Waals surface area contributed by atoms with E-state index in [1.807, 2.05) is 0 Å². The van der Waals surface area contributed by atoms with E-state index >= 15 is 0 Å². The van der Waals surface area contributed by atoms with E-state index in [4.69, 9.17) is 0 Å². The normalized spacial score (nSPS) is 14.1. The Labute approximate surface area is 194 Å². The van der Waals surface area contributed by atoms with E-state index in [0.717, 1.165) is 10.2 Å². The van der Waals surface area contributed by atoms with Crippen LogP contribution in [0.2, 0.25) is 0 Å². The van der Waals surface area contributed by atoms with Crippen LogP contribution in [0.15, 0.2) is 102 Å². The highest BCUT2D eigenvalue weighted by molar-refractivity contribution is 9.10. The first-order valence-electron chi connectivity index (χ1n) is 10.8. The molecule has 0 fully saturated rings. The lowest BCUT2D eigenvalue weighted by atomic mass is 9.85. The molecule has 0 bridgehead atoms. The Morgan fingerprint density at radius 2 is 1.38 bits per heavy atom. The summed E-state index contributed by atoms with van der Waals surface area (Å²) in [7, 11) is 0. The molecule has 0 saturated heterocycles. The molecule has 1 heterocycles. The van der Waals surface area contributed by atoms with Crippen LogP contribution in [0.5, 0.6) is 0 Å². The number of nitrogens with one attached hydrogen (secondary N) is 1. The van der Waals surface area contributed by atoms with Crippen LogP contribution in [0.25, 0.3) is 44.0 Å². The zero-order chi connectivity index (χ0) is 21.2. The van der Waals surface area contributed by atoms with Gasteiger partial charge in [-0.15, -0.1) is 0 Å². The van der Waals surface area contributed by atoms with Gasteiger partial charge in [-0.3, -0.25) is 0 Å². The number of hydrogen-bond donors (Lipinski definition) is 1. The van der Waals surface area contributed by atoms with Gasteiger partial charge in [0.05, 0.1) is 5.69 Å². The summed E-state index contributed by atoms with van der Waals surface area (Å²) in [5, 5.41) is 11.6. The summed E-state index contributed by atoms with van der Waals surface area (Å²) < 4.78 is 1.09. The van der Waals surface area contributed by atoms with E-state index in [-0.39, 0.29) is 0 Å². The number of benzene rings is 6. The van der Waals surface area contributed by atoms with Gasteiger partial charge in [-0.2, -0.15) is 0 Å². The summed E-state index contributed by atoms with van der Waals surface area (Å²) in [6, 6.07) is 35.1. The van der Waals surface area contributed by atoms with E-state index < -0.39 is 0 Å². The summed E-state index contributed by atoms with van der Waals surface area (Å²) in [6.45, 7) is 0. The van der Waals surface area contributed by atoms with Gasteiger partial charge in [0.25, 0.3) is 0 Å². The van der Waals surface area contributed by atoms with Crippen molar-refractivity contribution in [1.82, 2.24) is 0 Å². The molecule has 0 aromatic heterocycles. The Morgan fingerprint density at radius 1 is 0.625 bits per heavy atom. The highest BCUT2D eigenvalue weighted by Crippen LogP contribution is 2.48. The molecular formula is C30H18BrN. The van der Waals surface area contributed by atoms with Gasteiger partial charge in [-0.05, 0) is 68.4 Å². The molecule has 0 aliphatic carbocycles. The smallest absolute Gasteiger partial charge is 0.0544 e. The summed E-state index contributed by atoms with van der Waals surface area (Å²) in [5.74, 6) is 0. The maximum Gasteiger partial charge on any atom is 0.0544 e. The monoisotopic (exact) mass is 471 g/mol. The second kappa shape index (κ2) is 6.69. The Bertz CT molecular complexity index is 1680. The van der Waals surface area contributed by atoms with E-state index in [1.54, 1.807) is 0 Å². The molecule has 1 aliphatic heterocycles. The molecular weight excluding hydrogens is 454 g/mol. The number of hydrogen-bond acceptors (Lipinski definition) is 1. The van der Waals surface area contributed by atoms with Gasteiger partial charge in [0.1, 0.15) is 0 Å². The standard InChI is InChI=1S/C30H18BrN/c31-22-13-8-18(9-14-22)16-25-23-6-1-2-7-27(23)32-30-24-15-12-20-5-3-4-19-10-11-21(17-26(25)30)29(24)28(19)20/h1-17,32H/b25-16-. The third kappa shape index (κ3) is 2.57. The quantitative estimate of drug-likeness (QED) is 0.235. The minimum Gasteiger partial charge on any atom is -0.354 e. The van der Waals surface area contributed by atoms with Crippen LogP contribution in [-0.4, -0.2) is 0 Å². The number of halogens is 1. The minimum atomic E-state index is 1.09. The summed E-state index contributed by atoms with van der Waals surface area (Å²) in [4.78, 5) is 0. The van der Waals surface area contributed by atoms with Crippen LogP contribution in [0, 0.1) is 0 Å². The summed E-state index contributed by atoms with van der Waals surface area (Å²) in [6.07, 6.45) is 2.31. The Morgan fingerprint density at radius 3 is 2.22 bits per heavy atom. The molecule has 1 aliphatic rings. The second-order valence-electron chi connectivity index (χ2n) is 8.44. The van der Waals surface area contributed by atoms with Gasteiger partial charge in [0.2, 0.25) is 0 Å². The van der Waals surface area contributed by atoms with Crippen molar-refractivity contribution < 1.29 is 0 Å². The van der Waals surface area contributed by atoms with E-state index in [9.17, 15) is 0 Å². The van der Waals surface area contributed by atoms with Crippen molar-refractivity contribution in [2.24, 2.45) is 0 Å². The number of rotatable bonds is 1. The van der Waals surface area contributed by atoms with Crippen molar-refractivity contribution in [3.63, 3.8) is 0 Å². The van der Waals surface area contributed by atoms with Crippen LogP contribution in [0.3, 0.4) is 0 Å². The Hall–Kier alpha value is -3.62. The highest BCUT2D eigenvalue weighted by Gasteiger charge is 2.23. The molecule has 7 rings (SSSR count). The van der Waals surface area contributed by atoms with Crippen LogP contribution in [-0.2, 0) is 0 Å². The summed E-state index contributed by atoms with van der Waals surface area (Å²) in [5.41, 5.74) is 7.27. The second-order valence-corrected chi connectivity index (χ2v) is 9.35. The molecule has 6 aromatic carbocycles. The highest BCUT2D eigenvalue weighted by atomic mass is 79.9. The van der Waals surface area contributed by atoms with E-state index in [0.29, 0.717) is 0 Å². The average Bonchev–Trinajstić information content (AvgIpc) is 2.83. The lowest BCUT2D eigenvalue weighted by Gasteiger charge is -2.27. The van der Waals surface area contributed by atoms with Gasteiger partial charge < -0.3 is 5.32 Å². The molecule has 0 spiro atoms. The molecule has 2 heteroatoms. The number of fused-ring (bicyclic) bond motifs is 3. The first-order chi connectivity index (χ1) is 15.8. The lowest BCUT2D eigenvalue weighted by molar-refractivity contribution is 1.47. The van der Waals surface area contributed by atoms with Gasteiger partial charge >= 0.3 is 0 Å². The van der Waals surface area contributed by atoms with E-state index in [2.05, 4.69) is 124 Å². The van der Waals surface area contributed by atoms with Crippen molar-refractivity contribution in [3.8, 4) is 0 Å². The third-order valence-corrected chi connectivity index (χ3v) is 7.12. The molecule has 0 radical (unpaired) electrons. The zero-order valence-corrected chi connectivity index (χ0v) is 18.8. The maximum atomic E-state index is 3.77. The molecule has 6 aromatic rings. The molecule has 0 unspecified atom stereocenters. The zero-order valence-electron chi connectivity index (χ0n) is 17.2. The molecule has 0 atom stereocenters. The Balaban J connectivity index is 1.59. The molecule has 1 nitrogen and oxygen atoms in total. The Kier molecular flexibility index (Phi) is 3.76. The van der Waals surface area contributed by atoms with Gasteiger partial charge in [0.15, 0.2) is 0 Å². The fourth-order valence-corrected chi connectivity index (χ4v) is 5.41. The van der Waals surface area contributed by atoms with Crippen molar-refractivity contribution >= 4 is 71.3 Å². The summed E-state index contributed by atoms with van der Waals surface area (Å²) >= 11 is 3.56. The van der Waals surface area contributed by atoms with Crippen molar-refractivity contribution in [3.05, 3.63) is 118 Å².